The van der Waals surface area contributed by atoms with Crippen LogP contribution in [0.5, 0.6) is 11.5 Å². The normalized spacial score (nSPS) is 25.0. The van der Waals surface area contributed by atoms with Gasteiger partial charge in [0.05, 0.1) is 26.3 Å². The number of nitrogens with zero attached hydrogens (tertiary/aromatic N) is 1. The summed E-state index contributed by atoms with van der Waals surface area (Å²) in [5.41, 5.74) is 2.40. The summed E-state index contributed by atoms with van der Waals surface area (Å²) in [6.45, 7) is 4.32. The second-order valence-electron chi connectivity index (χ2n) is 9.63. The van der Waals surface area contributed by atoms with Crippen LogP contribution in [0, 0.1) is 6.92 Å². The average molecular weight is 466 g/mol. The maximum Gasteiger partial charge on any atom is 0.238 e. The number of aryl methyl sites for hydroxylation is 1. The van der Waals surface area contributed by atoms with Crippen molar-refractivity contribution in [3.63, 3.8) is 0 Å². The van der Waals surface area contributed by atoms with Gasteiger partial charge in [0.2, 0.25) is 11.8 Å². The van der Waals surface area contributed by atoms with Gasteiger partial charge in [-0.15, -0.1) is 0 Å². The van der Waals surface area contributed by atoms with Crippen molar-refractivity contribution >= 4 is 17.5 Å². The molecule has 0 aliphatic carbocycles. The van der Waals surface area contributed by atoms with Gasteiger partial charge in [0.15, 0.2) is 0 Å². The van der Waals surface area contributed by atoms with Crippen LogP contribution in [0.4, 0.5) is 5.69 Å². The first kappa shape index (κ1) is 24.1. The Morgan fingerprint density at radius 3 is 2.68 bits per heavy atom. The first-order chi connectivity index (χ1) is 16.3. The van der Waals surface area contributed by atoms with Gasteiger partial charge in [-0.3, -0.25) is 14.5 Å². The largest absolute Gasteiger partial charge is 0.497 e. The Bertz CT molecular complexity index is 1060. The van der Waals surface area contributed by atoms with Crippen molar-refractivity contribution in [3.8, 4) is 11.5 Å². The Balaban J connectivity index is 1.64. The zero-order valence-electron chi connectivity index (χ0n) is 20.5. The fraction of sp³-hybridized carbons (Fsp3) is 0.481. The number of nitrogens with one attached hydrogen (secondary N) is 2. The lowest BCUT2D eigenvalue weighted by Gasteiger charge is -2.38. The number of ether oxygens (including phenoxy) is 2. The van der Waals surface area contributed by atoms with Gasteiger partial charge in [-0.25, -0.2) is 0 Å². The topological polar surface area (TPSA) is 79.9 Å². The highest BCUT2D eigenvalue weighted by Crippen LogP contribution is 2.45. The zero-order valence-corrected chi connectivity index (χ0v) is 20.5. The molecule has 2 fully saturated rings. The van der Waals surface area contributed by atoms with Crippen LogP contribution in [-0.2, 0) is 9.59 Å². The molecule has 2 aliphatic heterocycles. The van der Waals surface area contributed by atoms with Crippen LogP contribution in [0.15, 0.2) is 42.5 Å². The maximum atomic E-state index is 13.3. The second-order valence-corrected chi connectivity index (χ2v) is 9.63. The van der Waals surface area contributed by atoms with E-state index in [2.05, 4.69) is 28.5 Å². The van der Waals surface area contributed by atoms with Crippen molar-refractivity contribution in [1.29, 1.82) is 0 Å². The van der Waals surface area contributed by atoms with Gasteiger partial charge in [-0.1, -0.05) is 24.6 Å². The molecule has 2 amide bonds. The molecule has 7 heteroatoms. The summed E-state index contributed by atoms with van der Waals surface area (Å²) in [6, 6.07) is 13.7. The number of carbonyl (C=O) groups is 2. The zero-order chi connectivity index (χ0) is 24.3. The second kappa shape index (κ2) is 10.1. The molecular weight excluding hydrogens is 430 g/mol. The Morgan fingerprint density at radius 1 is 1.15 bits per heavy atom. The van der Waals surface area contributed by atoms with Gasteiger partial charge in [0.1, 0.15) is 11.5 Å². The quantitative estimate of drug-likeness (QED) is 0.668. The molecule has 0 saturated carbocycles. The molecule has 34 heavy (non-hydrogen) atoms. The highest BCUT2D eigenvalue weighted by Gasteiger charge is 2.51. The van der Waals surface area contributed by atoms with Crippen molar-refractivity contribution < 1.29 is 19.1 Å². The number of hydrogen-bond acceptors (Lipinski definition) is 5. The minimum Gasteiger partial charge on any atom is -0.497 e. The van der Waals surface area contributed by atoms with E-state index in [-0.39, 0.29) is 30.4 Å². The third-order valence-corrected chi connectivity index (χ3v) is 7.23. The van der Waals surface area contributed by atoms with Crippen LogP contribution in [0.2, 0.25) is 0 Å². The van der Waals surface area contributed by atoms with Gasteiger partial charge >= 0.3 is 0 Å². The molecule has 2 aromatic carbocycles. The molecule has 2 aliphatic rings. The molecule has 4 rings (SSSR count). The van der Waals surface area contributed by atoms with Crippen molar-refractivity contribution in [3.05, 3.63) is 53.6 Å². The van der Waals surface area contributed by atoms with Crippen LogP contribution < -0.4 is 20.1 Å². The number of anilines is 1. The Morgan fingerprint density at radius 2 is 1.91 bits per heavy atom. The van der Waals surface area contributed by atoms with Crippen LogP contribution in [-0.4, -0.2) is 49.1 Å². The van der Waals surface area contributed by atoms with E-state index in [1.54, 1.807) is 14.2 Å². The maximum absolute atomic E-state index is 13.3. The van der Waals surface area contributed by atoms with Gasteiger partial charge in [-0.2, -0.15) is 0 Å². The van der Waals surface area contributed by atoms with Crippen LogP contribution >= 0.6 is 0 Å². The number of likely N-dealkylation sites (tertiary alicyclic amines) is 1. The summed E-state index contributed by atoms with van der Waals surface area (Å²) in [7, 11) is 3.27. The van der Waals surface area contributed by atoms with Crippen LogP contribution in [0.25, 0.3) is 0 Å². The first-order valence-electron chi connectivity index (χ1n) is 12.0. The first-order valence-corrected chi connectivity index (χ1v) is 12.0. The summed E-state index contributed by atoms with van der Waals surface area (Å²) in [6.07, 6.45) is 4.06. The number of amides is 2. The molecule has 2 heterocycles. The number of fused-ring (bicyclic) bond motifs is 1. The molecule has 0 radical (unpaired) electrons. The number of methoxy groups -OCH3 is 2. The summed E-state index contributed by atoms with van der Waals surface area (Å²) in [5.74, 6) is 1.50. The fourth-order valence-corrected chi connectivity index (χ4v) is 5.46. The standard InChI is InChI=1S/C27H35N3O4/c1-18-12-13-21(34-4)15-22(18)28-26(32)17-30-23(19-8-7-9-20(14-19)33-3)16-27(2)24(30)10-5-6-11-25(31)29-27/h7-9,12-15,23-24H,5-6,10-11,16-17H2,1-4H3,(H,28,32)(H,29,31)/t23-,24-,27-/m0/s1. The Hall–Kier alpha value is -3.06. The lowest BCUT2D eigenvalue weighted by molar-refractivity contribution is -0.123. The lowest BCUT2D eigenvalue weighted by Crippen LogP contribution is -2.56. The minimum atomic E-state index is -0.405. The SMILES string of the molecule is COc1cccc([C@@H]2C[C@]3(C)NC(=O)CCCC[C@@H]3N2CC(=O)Nc2cc(OC)ccc2C)c1. The molecule has 0 unspecified atom stereocenters. The molecule has 182 valence electrons. The highest BCUT2D eigenvalue weighted by atomic mass is 16.5. The number of rotatable bonds is 6. The van der Waals surface area contributed by atoms with E-state index in [0.717, 1.165) is 48.2 Å². The molecule has 0 bridgehead atoms. The number of hydrogen-bond donors (Lipinski definition) is 2. The molecule has 2 N–H and O–H groups in total. The van der Waals surface area contributed by atoms with E-state index in [1.165, 1.54) is 0 Å². The van der Waals surface area contributed by atoms with Gasteiger partial charge in [0, 0.05) is 30.3 Å². The predicted octanol–water partition coefficient (Wildman–Crippen LogP) is 4.22. The van der Waals surface area contributed by atoms with E-state index in [9.17, 15) is 9.59 Å². The van der Waals surface area contributed by atoms with E-state index in [4.69, 9.17) is 9.47 Å². The average Bonchev–Trinajstić information content (AvgIpc) is 3.07. The van der Waals surface area contributed by atoms with Crippen LogP contribution in [0.3, 0.4) is 0 Å². The van der Waals surface area contributed by atoms with Crippen molar-refractivity contribution in [2.45, 2.75) is 63.6 Å². The summed E-state index contributed by atoms with van der Waals surface area (Å²) < 4.78 is 10.8. The molecule has 2 saturated heterocycles. The third kappa shape index (κ3) is 5.04. The van der Waals surface area contributed by atoms with Crippen molar-refractivity contribution in [2.24, 2.45) is 0 Å². The molecular formula is C27H35N3O4. The van der Waals surface area contributed by atoms with Crippen LogP contribution in [0.1, 0.15) is 56.2 Å². The van der Waals surface area contributed by atoms with E-state index in [0.29, 0.717) is 12.2 Å². The Labute approximate surface area is 201 Å². The van der Waals surface area contributed by atoms with Gasteiger partial charge in [-0.05, 0) is 62.4 Å². The van der Waals surface area contributed by atoms with E-state index in [1.807, 2.05) is 43.3 Å². The monoisotopic (exact) mass is 465 g/mol. The summed E-state index contributed by atoms with van der Waals surface area (Å²) in [4.78, 5) is 28.1. The summed E-state index contributed by atoms with van der Waals surface area (Å²) >= 11 is 0. The van der Waals surface area contributed by atoms with E-state index >= 15 is 0 Å². The van der Waals surface area contributed by atoms with E-state index < -0.39 is 5.54 Å². The van der Waals surface area contributed by atoms with Gasteiger partial charge in [0.25, 0.3) is 0 Å². The molecule has 7 nitrogen and oxygen atoms in total. The van der Waals surface area contributed by atoms with Gasteiger partial charge < -0.3 is 20.1 Å². The molecule has 3 atom stereocenters. The minimum absolute atomic E-state index is 0.0133. The molecule has 0 aromatic heterocycles. The number of benzene rings is 2. The smallest absolute Gasteiger partial charge is 0.238 e. The fourth-order valence-electron chi connectivity index (χ4n) is 5.46. The predicted molar refractivity (Wildman–Crippen MR) is 132 cm³/mol. The highest BCUT2D eigenvalue weighted by molar-refractivity contribution is 5.93. The molecule has 0 spiro atoms. The van der Waals surface area contributed by atoms with Crippen molar-refractivity contribution in [1.82, 2.24) is 10.2 Å². The third-order valence-electron chi connectivity index (χ3n) is 7.23. The summed E-state index contributed by atoms with van der Waals surface area (Å²) in [5, 5.41) is 6.38. The number of carbonyl (C=O) groups excluding carboxylic acids is 2. The van der Waals surface area contributed by atoms with Crippen molar-refractivity contribution in [2.75, 3.05) is 26.1 Å². The molecule has 2 aromatic rings. The Kier molecular flexibility index (Phi) is 7.12. The lowest BCUT2D eigenvalue weighted by atomic mass is 9.85.